The van der Waals surface area contributed by atoms with Crippen LogP contribution in [0.5, 0.6) is 0 Å². The standard InChI is InChI=1S/C73H120O6/c1-4-7-10-13-16-19-22-24-26-28-29-30-31-32-33-34-35-36-37-38-39-40-41-42-43-44-45-46-48-49-51-54-57-60-63-66-72(75)78-69-70(68-77-71(74)65-62-59-56-53-21-18-15-12-9-6-3)79-73(76)67-64-61-58-55-52-50-47-27-25-23-20-17-14-11-8-5-2/h7,10,12,15-16,19-20,23-24,26-27,29-30,32-33,35-36,38-39,41-42,47,70H,4-6,8-9,11,13-14,17-18,21-22,25,28,31,34,37,40,43-46,48-69H2,1-3H3/b10-7-,15-12-,19-16-,23-20-,26-24-,30-29-,33-32-,36-35-,39-38-,42-41-,47-27-. The lowest BCUT2D eigenvalue weighted by atomic mass is 10.1. The number of hydrogen-bond acceptors (Lipinski definition) is 6. The Morgan fingerprint density at radius 2 is 0.519 bits per heavy atom. The maximum Gasteiger partial charge on any atom is 0.306 e. The topological polar surface area (TPSA) is 78.9 Å². The molecule has 448 valence electrons. The summed E-state index contributed by atoms with van der Waals surface area (Å²) >= 11 is 0. The zero-order valence-corrected chi connectivity index (χ0v) is 51.3. The van der Waals surface area contributed by atoms with Gasteiger partial charge in [0, 0.05) is 19.3 Å². The molecule has 0 aliphatic heterocycles. The van der Waals surface area contributed by atoms with E-state index in [-0.39, 0.29) is 31.1 Å². The van der Waals surface area contributed by atoms with E-state index in [4.69, 9.17) is 14.2 Å². The Hall–Kier alpha value is -4.45. The summed E-state index contributed by atoms with van der Waals surface area (Å²) in [5.41, 5.74) is 0. The second-order valence-electron chi connectivity index (χ2n) is 21.3. The zero-order valence-electron chi connectivity index (χ0n) is 51.3. The normalized spacial score (nSPS) is 13.0. The van der Waals surface area contributed by atoms with Gasteiger partial charge in [0.15, 0.2) is 6.10 Å². The second-order valence-corrected chi connectivity index (χ2v) is 21.3. The Bertz CT molecular complexity index is 1680. The van der Waals surface area contributed by atoms with E-state index in [2.05, 4.69) is 154 Å². The van der Waals surface area contributed by atoms with Gasteiger partial charge in [-0.2, -0.15) is 0 Å². The fourth-order valence-corrected chi connectivity index (χ4v) is 8.73. The predicted molar refractivity (Wildman–Crippen MR) is 343 cm³/mol. The van der Waals surface area contributed by atoms with Crippen molar-refractivity contribution >= 4 is 17.9 Å². The highest BCUT2D eigenvalue weighted by Gasteiger charge is 2.19. The predicted octanol–water partition coefficient (Wildman–Crippen LogP) is 22.5. The second kappa shape index (κ2) is 66.1. The van der Waals surface area contributed by atoms with E-state index < -0.39 is 6.10 Å². The van der Waals surface area contributed by atoms with E-state index in [9.17, 15) is 14.4 Å². The minimum absolute atomic E-state index is 0.0905. The number of unbranched alkanes of at least 4 members (excludes halogenated alkanes) is 25. The van der Waals surface area contributed by atoms with Crippen molar-refractivity contribution in [3.63, 3.8) is 0 Å². The summed E-state index contributed by atoms with van der Waals surface area (Å²) in [6.07, 6.45) is 93.3. The van der Waals surface area contributed by atoms with Crippen molar-refractivity contribution in [2.75, 3.05) is 13.2 Å². The highest BCUT2D eigenvalue weighted by molar-refractivity contribution is 5.71. The van der Waals surface area contributed by atoms with Crippen LogP contribution in [0.15, 0.2) is 134 Å². The molecule has 0 fully saturated rings. The molecular formula is C73H120O6. The third-order valence-corrected chi connectivity index (χ3v) is 13.6. The molecule has 0 N–H and O–H groups in total. The number of rotatable bonds is 58. The van der Waals surface area contributed by atoms with E-state index >= 15 is 0 Å². The molecule has 0 aliphatic rings. The van der Waals surface area contributed by atoms with E-state index in [0.717, 1.165) is 161 Å². The lowest BCUT2D eigenvalue weighted by Crippen LogP contribution is -2.30. The van der Waals surface area contributed by atoms with Crippen LogP contribution < -0.4 is 0 Å². The fraction of sp³-hybridized carbons (Fsp3) is 0.658. The van der Waals surface area contributed by atoms with Crippen LogP contribution in [0.4, 0.5) is 0 Å². The number of ether oxygens (including phenoxy) is 3. The first-order valence-corrected chi connectivity index (χ1v) is 32.7. The van der Waals surface area contributed by atoms with Crippen molar-refractivity contribution in [3.8, 4) is 0 Å². The summed E-state index contributed by atoms with van der Waals surface area (Å²) in [5.74, 6) is -0.918. The van der Waals surface area contributed by atoms with Crippen LogP contribution in [0.3, 0.4) is 0 Å². The highest BCUT2D eigenvalue weighted by atomic mass is 16.6. The largest absolute Gasteiger partial charge is 0.462 e. The maximum atomic E-state index is 12.9. The summed E-state index contributed by atoms with van der Waals surface area (Å²) in [4.78, 5) is 38.2. The zero-order chi connectivity index (χ0) is 57.1. The van der Waals surface area contributed by atoms with Gasteiger partial charge in [-0.1, -0.05) is 270 Å². The first kappa shape index (κ1) is 74.5. The van der Waals surface area contributed by atoms with Crippen LogP contribution in [-0.4, -0.2) is 37.2 Å². The summed E-state index contributed by atoms with van der Waals surface area (Å²) in [6, 6.07) is 0. The molecule has 0 aromatic rings. The molecule has 79 heavy (non-hydrogen) atoms. The molecule has 1 unspecified atom stereocenters. The minimum atomic E-state index is -0.793. The van der Waals surface area contributed by atoms with Gasteiger partial charge in [-0.25, -0.2) is 0 Å². The molecule has 0 aromatic carbocycles. The third-order valence-electron chi connectivity index (χ3n) is 13.6. The molecule has 0 aromatic heterocycles. The SMILES string of the molecule is CC/C=C\C/C=C\C/C=C\C/C=C\C/C=C\C/C=C\C/C=C\C/C=C\CCCCCCCCCCCCC(=O)OCC(COC(=O)CCCCCCC/C=C\CCC)OC(=O)CCCCCCC/C=C\C/C=C\CCCCCC. The summed E-state index contributed by atoms with van der Waals surface area (Å²) in [7, 11) is 0. The Morgan fingerprint density at radius 3 is 0.835 bits per heavy atom. The summed E-state index contributed by atoms with van der Waals surface area (Å²) < 4.78 is 16.9. The molecule has 1 atom stereocenters. The first-order chi connectivity index (χ1) is 39.0. The number of carbonyl (C=O) groups excluding carboxylic acids is 3. The van der Waals surface area contributed by atoms with Crippen LogP contribution in [0, 0.1) is 0 Å². The van der Waals surface area contributed by atoms with Crippen LogP contribution in [0.2, 0.25) is 0 Å². The Kier molecular flexibility index (Phi) is 62.3. The van der Waals surface area contributed by atoms with E-state index in [1.807, 2.05) is 0 Å². The van der Waals surface area contributed by atoms with Gasteiger partial charge >= 0.3 is 17.9 Å². The summed E-state index contributed by atoms with van der Waals surface area (Å²) in [6.45, 7) is 6.43. The van der Waals surface area contributed by atoms with Crippen LogP contribution in [0.1, 0.15) is 290 Å². The lowest BCUT2D eigenvalue weighted by Gasteiger charge is -2.18. The number of allylic oxidation sites excluding steroid dienone is 22. The Balaban J connectivity index is 4.19. The van der Waals surface area contributed by atoms with Crippen molar-refractivity contribution in [1.82, 2.24) is 0 Å². The van der Waals surface area contributed by atoms with Gasteiger partial charge in [0.2, 0.25) is 0 Å². The fourth-order valence-electron chi connectivity index (χ4n) is 8.73. The van der Waals surface area contributed by atoms with Gasteiger partial charge in [0.05, 0.1) is 0 Å². The number of esters is 3. The molecule has 0 rings (SSSR count). The van der Waals surface area contributed by atoms with Gasteiger partial charge in [-0.3, -0.25) is 14.4 Å². The summed E-state index contributed by atoms with van der Waals surface area (Å²) in [5, 5.41) is 0. The van der Waals surface area contributed by atoms with E-state index in [0.29, 0.717) is 19.3 Å². The van der Waals surface area contributed by atoms with Gasteiger partial charge in [0.1, 0.15) is 13.2 Å². The molecule has 0 heterocycles. The van der Waals surface area contributed by atoms with Crippen molar-refractivity contribution < 1.29 is 28.6 Å². The molecule has 6 heteroatoms. The third kappa shape index (κ3) is 64.3. The highest BCUT2D eigenvalue weighted by Crippen LogP contribution is 2.15. The molecule has 0 saturated carbocycles. The molecule has 0 aliphatic carbocycles. The molecular weight excluding hydrogens is 973 g/mol. The van der Waals surface area contributed by atoms with Crippen molar-refractivity contribution in [2.45, 2.75) is 297 Å². The van der Waals surface area contributed by atoms with Crippen molar-refractivity contribution in [1.29, 1.82) is 0 Å². The maximum absolute atomic E-state index is 12.9. The molecule has 0 spiro atoms. The molecule has 0 amide bonds. The number of carbonyl (C=O) groups is 3. The average Bonchev–Trinajstić information content (AvgIpc) is 3.45. The van der Waals surface area contributed by atoms with E-state index in [1.54, 1.807) is 0 Å². The Labute approximate surface area is 487 Å². The number of hydrogen-bond donors (Lipinski definition) is 0. The van der Waals surface area contributed by atoms with Gasteiger partial charge in [0.25, 0.3) is 0 Å². The lowest BCUT2D eigenvalue weighted by molar-refractivity contribution is -0.167. The molecule has 6 nitrogen and oxygen atoms in total. The quantitative estimate of drug-likeness (QED) is 0.0261. The van der Waals surface area contributed by atoms with Crippen molar-refractivity contribution in [3.05, 3.63) is 134 Å². The minimum Gasteiger partial charge on any atom is -0.462 e. The van der Waals surface area contributed by atoms with Gasteiger partial charge in [-0.05, 0) is 135 Å². The molecule has 0 radical (unpaired) electrons. The van der Waals surface area contributed by atoms with E-state index in [1.165, 1.54) is 89.9 Å². The van der Waals surface area contributed by atoms with Gasteiger partial charge in [-0.15, -0.1) is 0 Å². The van der Waals surface area contributed by atoms with Crippen LogP contribution in [0.25, 0.3) is 0 Å². The smallest absolute Gasteiger partial charge is 0.306 e. The van der Waals surface area contributed by atoms with Crippen LogP contribution >= 0.6 is 0 Å². The Morgan fingerprint density at radius 1 is 0.266 bits per heavy atom. The first-order valence-electron chi connectivity index (χ1n) is 32.7. The van der Waals surface area contributed by atoms with Gasteiger partial charge < -0.3 is 14.2 Å². The van der Waals surface area contributed by atoms with Crippen LogP contribution in [-0.2, 0) is 28.6 Å². The average molecular weight is 1090 g/mol. The monoisotopic (exact) mass is 1090 g/mol. The van der Waals surface area contributed by atoms with Crippen molar-refractivity contribution in [2.24, 2.45) is 0 Å². The molecule has 0 saturated heterocycles. The molecule has 0 bridgehead atoms.